The van der Waals surface area contributed by atoms with Crippen LogP contribution in [0.5, 0.6) is 5.75 Å². The van der Waals surface area contributed by atoms with E-state index in [1.54, 1.807) is 36.2 Å². The Morgan fingerprint density at radius 3 is 2.67 bits per heavy atom. The molecule has 1 amide bonds. The molecule has 0 bridgehead atoms. The number of carbonyl (C=O) groups is 1. The number of rotatable bonds is 8. The SMILES string of the molecule is CCc1nnc(SCC(=O)N(C)CCOc2ccc(Cl)cc2)n1C. The van der Waals surface area contributed by atoms with Crippen LogP contribution in [0, 0.1) is 0 Å². The number of nitrogens with zero attached hydrogens (tertiary/aromatic N) is 4. The van der Waals surface area contributed by atoms with Crippen LogP contribution >= 0.6 is 23.4 Å². The van der Waals surface area contributed by atoms with Gasteiger partial charge in [0.2, 0.25) is 5.91 Å². The van der Waals surface area contributed by atoms with Crippen molar-refractivity contribution >= 4 is 29.3 Å². The van der Waals surface area contributed by atoms with Crippen LogP contribution in [0.1, 0.15) is 12.7 Å². The predicted molar refractivity (Wildman–Crippen MR) is 95.7 cm³/mol. The topological polar surface area (TPSA) is 60.3 Å². The molecule has 0 spiro atoms. The molecule has 0 atom stereocenters. The summed E-state index contributed by atoms with van der Waals surface area (Å²) in [5.74, 6) is 2.00. The summed E-state index contributed by atoms with van der Waals surface area (Å²) in [5.41, 5.74) is 0. The second kappa shape index (κ2) is 8.94. The second-order valence-electron chi connectivity index (χ2n) is 5.22. The minimum absolute atomic E-state index is 0.0285. The Morgan fingerprint density at radius 2 is 2.04 bits per heavy atom. The molecule has 1 aromatic heterocycles. The lowest BCUT2D eigenvalue weighted by molar-refractivity contribution is -0.127. The molecule has 1 aromatic carbocycles. The number of likely N-dealkylation sites (N-methyl/N-ethyl adjacent to an activating group) is 1. The fraction of sp³-hybridized carbons (Fsp3) is 0.438. The van der Waals surface area contributed by atoms with Crippen molar-refractivity contribution in [2.45, 2.75) is 18.5 Å². The van der Waals surface area contributed by atoms with Gasteiger partial charge in [0.05, 0.1) is 12.3 Å². The molecule has 0 radical (unpaired) electrons. The number of benzene rings is 1. The molecule has 0 aliphatic heterocycles. The highest BCUT2D eigenvalue weighted by atomic mass is 35.5. The van der Waals surface area contributed by atoms with Crippen molar-refractivity contribution in [3.8, 4) is 5.75 Å². The summed E-state index contributed by atoms with van der Waals surface area (Å²) >= 11 is 7.22. The second-order valence-corrected chi connectivity index (χ2v) is 6.60. The average molecular weight is 369 g/mol. The minimum Gasteiger partial charge on any atom is -0.492 e. The molecule has 0 aliphatic carbocycles. The zero-order valence-corrected chi connectivity index (χ0v) is 15.6. The van der Waals surface area contributed by atoms with E-state index in [0.29, 0.717) is 23.9 Å². The Kier molecular flexibility index (Phi) is 6.93. The first-order valence-electron chi connectivity index (χ1n) is 7.64. The largest absolute Gasteiger partial charge is 0.492 e. The molecule has 8 heteroatoms. The lowest BCUT2D eigenvalue weighted by Gasteiger charge is -2.17. The van der Waals surface area contributed by atoms with E-state index in [9.17, 15) is 4.79 Å². The van der Waals surface area contributed by atoms with Crippen LogP contribution in [0.4, 0.5) is 0 Å². The fourth-order valence-electron chi connectivity index (χ4n) is 1.97. The molecule has 0 saturated heterocycles. The Hall–Kier alpha value is -1.73. The molecule has 24 heavy (non-hydrogen) atoms. The molecule has 1 heterocycles. The molecule has 0 aliphatic rings. The highest BCUT2D eigenvalue weighted by molar-refractivity contribution is 7.99. The molecule has 0 fully saturated rings. The van der Waals surface area contributed by atoms with Gasteiger partial charge >= 0.3 is 0 Å². The maximum Gasteiger partial charge on any atom is 0.232 e. The van der Waals surface area contributed by atoms with Gasteiger partial charge in [0, 0.05) is 25.5 Å². The van der Waals surface area contributed by atoms with Crippen molar-refractivity contribution in [2.75, 3.05) is 26.0 Å². The molecular formula is C16H21ClN4O2S. The summed E-state index contributed by atoms with van der Waals surface area (Å²) in [6.07, 6.45) is 0.819. The van der Waals surface area contributed by atoms with E-state index in [-0.39, 0.29) is 5.91 Å². The van der Waals surface area contributed by atoms with E-state index in [1.165, 1.54) is 11.8 Å². The van der Waals surface area contributed by atoms with Gasteiger partial charge in [0.1, 0.15) is 18.2 Å². The summed E-state index contributed by atoms with van der Waals surface area (Å²) in [6, 6.07) is 7.15. The summed E-state index contributed by atoms with van der Waals surface area (Å²) in [7, 11) is 3.68. The van der Waals surface area contributed by atoms with Gasteiger partial charge in [0.15, 0.2) is 5.16 Å². The number of halogens is 1. The minimum atomic E-state index is 0.0285. The Bertz CT molecular complexity index is 675. The maximum absolute atomic E-state index is 12.2. The molecule has 0 unspecified atom stereocenters. The van der Waals surface area contributed by atoms with Gasteiger partial charge in [-0.1, -0.05) is 30.3 Å². The van der Waals surface area contributed by atoms with Gasteiger partial charge in [0.25, 0.3) is 0 Å². The van der Waals surface area contributed by atoms with E-state index in [0.717, 1.165) is 23.2 Å². The van der Waals surface area contributed by atoms with Crippen molar-refractivity contribution in [3.05, 3.63) is 35.1 Å². The quantitative estimate of drug-likeness (QED) is 0.670. The van der Waals surface area contributed by atoms with Gasteiger partial charge in [-0.15, -0.1) is 10.2 Å². The van der Waals surface area contributed by atoms with Gasteiger partial charge < -0.3 is 14.2 Å². The summed E-state index contributed by atoms with van der Waals surface area (Å²) in [6.45, 7) is 2.97. The number of aryl methyl sites for hydroxylation is 1. The summed E-state index contributed by atoms with van der Waals surface area (Å²) in [4.78, 5) is 13.8. The molecular weight excluding hydrogens is 348 g/mol. The van der Waals surface area contributed by atoms with Crippen molar-refractivity contribution in [1.82, 2.24) is 19.7 Å². The number of amides is 1. The monoisotopic (exact) mass is 368 g/mol. The first kappa shape index (κ1) is 18.6. The molecule has 130 valence electrons. The Morgan fingerprint density at radius 1 is 1.33 bits per heavy atom. The highest BCUT2D eigenvalue weighted by Crippen LogP contribution is 2.17. The smallest absolute Gasteiger partial charge is 0.232 e. The average Bonchev–Trinajstić information content (AvgIpc) is 2.94. The fourth-order valence-corrected chi connectivity index (χ4v) is 2.97. The van der Waals surface area contributed by atoms with Gasteiger partial charge in [-0.2, -0.15) is 0 Å². The van der Waals surface area contributed by atoms with E-state index < -0.39 is 0 Å². The van der Waals surface area contributed by atoms with Crippen molar-refractivity contribution in [2.24, 2.45) is 7.05 Å². The number of hydrogen-bond acceptors (Lipinski definition) is 5. The van der Waals surface area contributed by atoms with Crippen LogP contribution in [-0.4, -0.2) is 51.5 Å². The first-order chi connectivity index (χ1) is 11.5. The van der Waals surface area contributed by atoms with Gasteiger partial charge in [-0.3, -0.25) is 4.79 Å². The Labute approximate surface area is 151 Å². The van der Waals surface area contributed by atoms with Crippen molar-refractivity contribution in [3.63, 3.8) is 0 Å². The van der Waals surface area contributed by atoms with E-state index in [2.05, 4.69) is 10.2 Å². The first-order valence-corrected chi connectivity index (χ1v) is 9.01. The summed E-state index contributed by atoms with van der Waals surface area (Å²) < 4.78 is 7.51. The Balaban J connectivity index is 1.73. The molecule has 2 rings (SSSR count). The lowest BCUT2D eigenvalue weighted by atomic mass is 10.3. The molecule has 6 nitrogen and oxygen atoms in total. The lowest BCUT2D eigenvalue weighted by Crippen LogP contribution is -2.32. The van der Waals surface area contributed by atoms with E-state index >= 15 is 0 Å². The van der Waals surface area contributed by atoms with E-state index in [4.69, 9.17) is 16.3 Å². The highest BCUT2D eigenvalue weighted by Gasteiger charge is 2.13. The van der Waals surface area contributed by atoms with Gasteiger partial charge in [-0.25, -0.2) is 0 Å². The zero-order chi connectivity index (χ0) is 17.5. The van der Waals surface area contributed by atoms with Gasteiger partial charge in [-0.05, 0) is 24.3 Å². The van der Waals surface area contributed by atoms with Crippen LogP contribution in [0.2, 0.25) is 5.02 Å². The number of ether oxygens (including phenoxy) is 1. The molecule has 2 aromatic rings. The third-order valence-corrected chi connectivity index (χ3v) is 4.76. The third-order valence-electron chi connectivity index (χ3n) is 3.50. The number of thioether (sulfide) groups is 1. The predicted octanol–water partition coefficient (Wildman–Crippen LogP) is 2.66. The van der Waals surface area contributed by atoms with Crippen LogP contribution in [0.15, 0.2) is 29.4 Å². The summed E-state index contributed by atoms with van der Waals surface area (Å²) in [5, 5.41) is 9.60. The zero-order valence-electron chi connectivity index (χ0n) is 14.0. The number of hydrogen-bond donors (Lipinski definition) is 0. The number of aromatic nitrogens is 3. The molecule has 0 saturated carbocycles. The van der Waals surface area contributed by atoms with E-state index in [1.807, 2.05) is 18.5 Å². The number of carbonyl (C=O) groups excluding carboxylic acids is 1. The van der Waals surface area contributed by atoms with Crippen LogP contribution < -0.4 is 4.74 Å². The molecule has 0 N–H and O–H groups in total. The van der Waals surface area contributed by atoms with Crippen LogP contribution in [0.25, 0.3) is 0 Å². The van der Waals surface area contributed by atoms with Crippen LogP contribution in [0.3, 0.4) is 0 Å². The normalized spacial score (nSPS) is 10.7. The standard InChI is InChI=1S/C16H21ClN4O2S/c1-4-14-18-19-16(21(14)3)24-11-15(22)20(2)9-10-23-13-7-5-12(17)6-8-13/h5-8H,4,9-11H2,1-3H3. The third kappa shape index (κ3) is 5.14. The van der Waals surface area contributed by atoms with Crippen LogP contribution in [-0.2, 0) is 18.3 Å². The van der Waals surface area contributed by atoms with Crippen molar-refractivity contribution in [1.29, 1.82) is 0 Å². The maximum atomic E-state index is 12.2. The van der Waals surface area contributed by atoms with Crippen molar-refractivity contribution < 1.29 is 9.53 Å².